The molecular formula is C14H20ClN3O. The van der Waals surface area contributed by atoms with Gasteiger partial charge < -0.3 is 10.6 Å². The van der Waals surface area contributed by atoms with Gasteiger partial charge >= 0.3 is 0 Å². The van der Waals surface area contributed by atoms with E-state index >= 15 is 0 Å². The molecule has 1 aromatic carbocycles. The lowest BCUT2D eigenvalue weighted by molar-refractivity contribution is 0.0542. The van der Waals surface area contributed by atoms with Crippen LogP contribution in [0.25, 0.3) is 0 Å². The van der Waals surface area contributed by atoms with Crippen LogP contribution >= 0.6 is 11.6 Å². The fourth-order valence-corrected chi connectivity index (χ4v) is 2.73. The van der Waals surface area contributed by atoms with Gasteiger partial charge in [0.05, 0.1) is 0 Å². The molecule has 1 unspecified atom stereocenters. The Hall–Kier alpha value is -1.26. The second-order valence-electron chi connectivity index (χ2n) is 5.07. The summed E-state index contributed by atoms with van der Waals surface area (Å²) in [7, 11) is 2.10. The summed E-state index contributed by atoms with van der Waals surface area (Å²) >= 11 is 5.95. The van der Waals surface area contributed by atoms with Crippen LogP contribution in [0.15, 0.2) is 18.2 Å². The maximum atomic E-state index is 12.5. The van der Waals surface area contributed by atoms with Gasteiger partial charge in [-0.15, -0.1) is 0 Å². The molecule has 0 bridgehead atoms. The third-order valence-corrected chi connectivity index (χ3v) is 3.92. The lowest BCUT2D eigenvalue weighted by Crippen LogP contribution is -2.52. The fourth-order valence-electron chi connectivity index (χ4n) is 2.49. The Morgan fingerprint density at radius 3 is 2.79 bits per heavy atom. The van der Waals surface area contributed by atoms with Crippen molar-refractivity contribution in [3.05, 3.63) is 28.8 Å². The highest BCUT2D eigenvalue weighted by Gasteiger charge is 2.26. The first kappa shape index (κ1) is 14.2. The fraction of sp³-hybridized carbons (Fsp3) is 0.500. The molecule has 1 heterocycles. The van der Waals surface area contributed by atoms with Gasteiger partial charge in [-0.25, -0.2) is 0 Å². The molecule has 0 aliphatic carbocycles. The second-order valence-corrected chi connectivity index (χ2v) is 5.50. The highest BCUT2D eigenvalue weighted by atomic mass is 35.5. The SMILES string of the molecule is CCC1CN(C(=O)c2cc(N)cc(Cl)c2)CCN1C. The molecule has 19 heavy (non-hydrogen) atoms. The molecule has 1 atom stereocenters. The minimum absolute atomic E-state index is 0.0146. The first-order valence-corrected chi connectivity index (χ1v) is 6.94. The number of nitrogen functional groups attached to an aromatic ring is 1. The summed E-state index contributed by atoms with van der Waals surface area (Å²) in [4.78, 5) is 16.7. The van der Waals surface area contributed by atoms with E-state index in [1.165, 1.54) is 0 Å². The maximum absolute atomic E-state index is 12.5. The van der Waals surface area contributed by atoms with E-state index in [4.69, 9.17) is 17.3 Å². The van der Waals surface area contributed by atoms with Gasteiger partial charge in [-0.3, -0.25) is 9.69 Å². The Balaban J connectivity index is 2.15. The van der Waals surface area contributed by atoms with E-state index in [0.29, 0.717) is 22.3 Å². The zero-order valence-corrected chi connectivity index (χ0v) is 12.2. The standard InChI is InChI=1S/C14H20ClN3O/c1-3-13-9-18(5-4-17(13)2)14(19)10-6-11(15)8-12(16)7-10/h6-8,13H,3-5,9,16H2,1-2H3. The number of amides is 1. The molecule has 104 valence electrons. The van der Waals surface area contributed by atoms with Crippen LogP contribution < -0.4 is 5.73 Å². The molecule has 0 radical (unpaired) electrons. The number of rotatable bonds is 2. The number of piperazine rings is 1. The molecule has 1 saturated heterocycles. The van der Waals surface area contributed by atoms with Gasteiger partial charge in [0.15, 0.2) is 0 Å². The number of hydrogen-bond donors (Lipinski definition) is 1. The molecule has 0 spiro atoms. The highest BCUT2D eigenvalue weighted by molar-refractivity contribution is 6.31. The van der Waals surface area contributed by atoms with E-state index < -0.39 is 0 Å². The Morgan fingerprint density at radius 2 is 2.16 bits per heavy atom. The predicted molar refractivity (Wildman–Crippen MR) is 78.5 cm³/mol. The van der Waals surface area contributed by atoms with E-state index in [1.807, 2.05) is 4.90 Å². The van der Waals surface area contributed by atoms with Gasteiger partial charge in [0.25, 0.3) is 5.91 Å². The summed E-state index contributed by atoms with van der Waals surface area (Å²) in [5.41, 5.74) is 6.84. The minimum atomic E-state index is 0.0146. The molecule has 2 N–H and O–H groups in total. The number of carbonyl (C=O) groups excluding carboxylic acids is 1. The van der Waals surface area contributed by atoms with Crippen LogP contribution in [0.5, 0.6) is 0 Å². The monoisotopic (exact) mass is 281 g/mol. The molecule has 1 amide bonds. The van der Waals surface area contributed by atoms with E-state index in [1.54, 1.807) is 18.2 Å². The first-order valence-electron chi connectivity index (χ1n) is 6.57. The Labute approximate surface area is 119 Å². The van der Waals surface area contributed by atoms with Gasteiger partial charge in [-0.2, -0.15) is 0 Å². The third kappa shape index (κ3) is 3.19. The van der Waals surface area contributed by atoms with Crippen molar-refractivity contribution in [1.82, 2.24) is 9.80 Å². The van der Waals surface area contributed by atoms with Crippen LogP contribution in [0.2, 0.25) is 5.02 Å². The number of nitrogens with zero attached hydrogens (tertiary/aromatic N) is 2. The largest absolute Gasteiger partial charge is 0.399 e. The number of hydrogen-bond acceptors (Lipinski definition) is 3. The number of halogens is 1. The summed E-state index contributed by atoms with van der Waals surface area (Å²) in [5, 5.41) is 0.504. The Kier molecular flexibility index (Phi) is 4.32. The van der Waals surface area contributed by atoms with Crippen molar-refractivity contribution in [2.45, 2.75) is 19.4 Å². The van der Waals surface area contributed by atoms with E-state index in [0.717, 1.165) is 26.1 Å². The van der Waals surface area contributed by atoms with Crippen LogP contribution in [0.4, 0.5) is 5.69 Å². The Bertz CT molecular complexity index is 458. The number of benzene rings is 1. The molecular weight excluding hydrogens is 262 g/mol. The summed E-state index contributed by atoms with van der Waals surface area (Å²) in [6.45, 7) is 4.56. The molecule has 2 rings (SSSR count). The number of carbonyl (C=O) groups is 1. The van der Waals surface area contributed by atoms with Gasteiger partial charge in [-0.05, 0) is 31.7 Å². The van der Waals surface area contributed by atoms with Crippen molar-refractivity contribution >= 4 is 23.2 Å². The van der Waals surface area contributed by atoms with Crippen LogP contribution in [-0.2, 0) is 0 Å². The smallest absolute Gasteiger partial charge is 0.254 e. The average molecular weight is 282 g/mol. The van der Waals surface area contributed by atoms with E-state index in [9.17, 15) is 4.79 Å². The van der Waals surface area contributed by atoms with Gasteiger partial charge in [0.1, 0.15) is 0 Å². The van der Waals surface area contributed by atoms with Crippen molar-refractivity contribution in [2.24, 2.45) is 0 Å². The number of nitrogens with two attached hydrogens (primary N) is 1. The molecule has 0 aromatic heterocycles. The van der Waals surface area contributed by atoms with Crippen molar-refractivity contribution < 1.29 is 4.79 Å². The molecule has 1 fully saturated rings. The maximum Gasteiger partial charge on any atom is 0.254 e. The summed E-state index contributed by atoms with van der Waals surface area (Å²) in [6.07, 6.45) is 1.04. The summed E-state index contributed by atoms with van der Waals surface area (Å²) in [5.74, 6) is 0.0146. The van der Waals surface area contributed by atoms with E-state index in [2.05, 4.69) is 18.9 Å². The lowest BCUT2D eigenvalue weighted by Gasteiger charge is -2.39. The van der Waals surface area contributed by atoms with Crippen LogP contribution in [0.1, 0.15) is 23.7 Å². The summed E-state index contributed by atoms with van der Waals surface area (Å²) in [6, 6.07) is 5.44. The van der Waals surface area contributed by atoms with Gasteiger partial charge in [0, 0.05) is 41.9 Å². The lowest BCUT2D eigenvalue weighted by atomic mass is 10.1. The van der Waals surface area contributed by atoms with E-state index in [-0.39, 0.29) is 5.91 Å². The van der Waals surface area contributed by atoms with Crippen molar-refractivity contribution in [2.75, 3.05) is 32.4 Å². The van der Waals surface area contributed by atoms with Crippen LogP contribution in [-0.4, -0.2) is 48.4 Å². The average Bonchev–Trinajstić information content (AvgIpc) is 2.37. The molecule has 1 aliphatic rings. The van der Waals surface area contributed by atoms with Gasteiger partial charge in [-0.1, -0.05) is 18.5 Å². The predicted octanol–water partition coefficient (Wildman–Crippen LogP) is 2.09. The van der Waals surface area contributed by atoms with Crippen molar-refractivity contribution in [1.29, 1.82) is 0 Å². The van der Waals surface area contributed by atoms with Crippen molar-refractivity contribution in [3.63, 3.8) is 0 Å². The second kappa shape index (κ2) is 5.80. The minimum Gasteiger partial charge on any atom is -0.399 e. The summed E-state index contributed by atoms with van der Waals surface area (Å²) < 4.78 is 0. The zero-order valence-electron chi connectivity index (χ0n) is 11.4. The molecule has 0 saturated carbocycles. The molecule has 5 heteroatoms. The van der Waals surface area contributed by atoms with Gasteiger partial charge in [0.2, 0.25) is 0 Å². The number of likely N-dealkylation sites (N-methyl/N-ethyl adjacent to an activating group) is 1. The highest BCUT2D eigenvalue weighted by Crippen LogP contribution is 2.20. The zero-order chi connectivity index (χ0) is 14.0. The normalized spacial score (nSPS) is 20.6. The quantitative estimate of drug-likeness (QED) is 0.845. The molecule has 1 aliphatic heterocycles. The molecule has 1 aromatic rings. The van der Waals surface area contributed by atoms with Crippen LogP contribution in [0, 0.1) is 0 Å². The molecule has 4 nitrogen and oxygen atoms in total. The van der Waals surface area contributed by atoms with Crippen molar-refractivity contribution in [3.8, 4) is 0 Å². The number of anilines is 1. The Morgan fingerprint density at radius 1 is 1.42 bits per heavy atom. The first-order chi connectivity index (χ1) is 9.01. The van der Waals surface area contributed by atoms with Crippen LogP contribution in [0.3, 0.4) is 0 Å². The topological polar surface area (TPSA) is 49.6 Å². The third-order valence-electron chi connectivity index (χ3n) is 3.70.